The molecular weight excluding hydrogens is 328 g/mol. The van der Waals surface area contributed by atoms with E-state index < -0.39 is 0 Å². The van der Waals surface area contributed by atoms with Crippen molar-refractivity contribution < 1.29 is 14.3 Å². The Labute approximate surface area is 145 Å². The largest absolute Gasteiger partial charge is 0.486 e. The Balaban J connectivity index is 1.63. The van der Waals surface area contributed by atoms with Crippen LogP contribution in [-0.4, -0.2) is 24.8 Å². The SMILES string of the molecule is C/C(=N/NC(=O)Cc1ccc(Cl)cc1)c1ccc2c(c1)OCCO2. The maximum Gasteiger partial charge on any atom is 0.244 e. The van der Waals surface area contributed by atoms with Gasteiger partial charge in [0, 0.05) is 10.6 Å². The van der Waals surface area contributed by atoms with Crippen molar-refractivity contribution in [3.8, 4) is 11.5 Å². The van der Waals surface area contributed by atoms with Gasteiger partial charge in [-0.2, -0.15) is 5.10 Å². The van der Waals surface area contributed by atoms with Gasteiger partial charge in [-0.3, -0.25) is 4.79 Å². The molecule has 1 N–H and O–H groups in total. The van der Waals surface area contributed by atoms with Crippen molar-refractivity contribution in [1.82, 2.24) is 5.43 Å². The first-order valence-electron chi connectivity index (χ1n) is 7.59. The molecule has 1 aliphatic rings. The second-order valence-corrected chi connectivity index (χ2v) is 5.83. The van der Waals surface area contributed by atoms with Crippen molar-refractivity contribution in [2.45, 2.75) is 13.3 Å². The van der Waals surface area contributed by atoms with E-state index in [0.717, 1.165) is 16.9 Å². The summed E-state index contributed by atoms with van der Waals surface area (Å²) in [5, 5.41) is 4.80. The van der Waals surface area contributed by atoms with Gasteiger partial charge < -0.3 is 9.47 Å². The van der Waals surface area contributed by atoms with Gasteiger partial charge >= 0.3 is 0 Å². The average Bonchev–Trinajstić information content (AvgIpc) is 2.61. The summed E-state index contributed by atoms with van der Waals surface area (Å²) in [6, 6.07) is 12.7. The molecule has 1 amide bonds. The number of hydrazone groups is 1. The molecule has 0 spiro atoms. The molecule has 0 fully saturated rings. The monoisotopic (exact) mass is 344 g/mol. The molecule has 1 aliphatic heterocycles. The minimum absolute atomic E-state index is 0.186. The molecule has 1 heterocycles. The van der Waals surface area contributed by atoms with E-state index in [0.29, 0.717) is 29.7 Å². The third-order valence-corrected chi connectivity index (χ3v) is 3.84. The topological polar surface area (TPSA) is 59.9 Å². The predicted molar refractivity (Wildman–Crippen MR) is 92.9 cm³/mol. The summed E-state index contributed by atoms with van der Waals surface area (Å²) in [4.78, 5) is 12.0. The number of carbonyl (C=O) groups excluding carboxylic acids is 1. The normalized spacial score (nSPS) is 13.5. The lowest BCUT2D eigenvalue weighted by Gasteiger charge is -2.18. The fraction of sp³-hybridized carbons (Fsp3) is 0.222. The molecule has 0 unspecified atom stereocenters. The number of rotatable bonds is 4. The summed E-state index contributed by atoms with van der Waals surface area (Å²) in [7, 11) is 0. The maximum atomic E-state index is 12.0. The van der Waals surface area contributed by atoms with E-state index in [1.54, 1.807) is 12.1 Å². The standard InChI is InChI=1S/C18H17ClN2O3/c1-12(14-4-7-16-17(11-14)24-9-8-23-16)20-21-18(22)10-13-2-5-15(19)6-3-13/h2-7,11H,8-10H2,1H3,(H,21,22)/b20-12-. The number of fused-ring (bicyclic) bond motifs is 1. The summed E-state index contributed by atoms with van der Waals surface area (Å²) in [6.07, 6.45) is 0.245. The van der Waals surface area contributed by atoms with Gasteiger partial charge in [0.05, 0.1) is 12.1 Å². The highest BCUT2D eigenvalue weighted by Gasteiger charge is 2.12. The van der Waals surface area contributed by atoms with E-state index >= 15 is 0 Å². The Kier molecular flexibility index (Phi) is 5.01. The molecule has 0 radical (unpaired) electrons. The fourth-order valence-electron chi connectivity index (χ4n) is 2.31. The van der Waals surface area contributed by atoms with E-state index in [2.05, 4.69) is 10.5 Å². The molecule has 0 saturated heterocycles. The molecule has 0 atom stereocenters. The molecule has 0 saturated carbocycles. The second kappa shape index (κ2) is 7.36. The summed E-state index contributed by atoms with van der Waals surface area (Å²) < 4.78 is 11.0. The van der Waals surface area contributed by atoms with Crippen LogP contribution in [0, 0.1) is 0 Å². The van der Waals surface area contributed by atoms with Crippen LogP contribution < -0.4 is 14.9 Å². The van der Waals surface area contributed by atoms with Crippen molar-refractivity contribution in [1.29, 1.82) is 0 Å². The molecule has 0 bridgehead atoms. The van der Waals surface area contributed by atoms with Crippen LogP contribution in [0.1, 0.15) is 18.1 Å². The third kappa shape index (κ3) is 4.06. The summed E-state index contributed by atoms with van der Waals surface area (Å²) in [5.74, 6) is 1.24. The Bertz CT molecular complexity index is 772. The Morgan fingerprint density at radius 1 is 1.12 bits per heavy atom. The van der Waals surface area contributed by atoms with Crippen LogP contribution in [0.5, 0.6) is 11.5 Å². The average molecular weight is 345 g/mol. The van der Waals surface area contributed by atoms with E-state index in [1.807, 2.05) is 37.3 Å². The van der Waals surface area contributed by atoms with Gasteiger partial charge in [-0.15, -0.1) is 0 Å². The number of halogens is 1. The number of benzene rings is 2. The first kappa shape index (κ1) is 16.3. The van der Waals surface area contributed by atoms with E-state index in [1.165, 1.54) is 0 Å². The van der Waals surface area contributed by atoms with Gasteiger partial charge in [-0.1, -0.05) is 23.7 Å². The molecule has 3 rings (SSSR count). The molecule has 124 valence electrons. The molecular formula is C18H17ClN2O3. The molecule has 2 aromatic rings. The van der Waals surface area contributed by atoms with Crippen LogP contribution in [0.25, 0.3) is 0 Å². The predicted octanol–water partition coefficient (Wildman–Crippen LogP) is 3.19. The zero-order chi connectivity index (χ0) is 16.9. The van der Waals surface area contributed by atoms with Crippen LogP contribution in [-0.2, 0) is 11.2 Å². The van der Waals surface area contributed by atoms with Crippen LogP contribution in [0.15, 0.2) is 47.6 Å². The quantitative estimate of drug-likeness (QED) is 0.684. The number of carbonyl (C=O) groups is 1. The van der Waals surface area contributed by atoms with Gasteiger partial charge in [0.2, 0.25) is 5.91 Å². The summed E-state index contributed by atoms with van der Waals surface area (Å²) in [6.45, 7) is 2.92. The molecule has 5 nitrogen and oxygen atoms in total. The number of nitrogens with zero attached hydrogens (tertiary/aromatic N) is 1. The van der Waals surface area contributed by atoms with E-state index in [4.69, 9.17) is 21.1 Å². The fourth-order valence-corrected chi connectivity index (χ4v) is 2.43. The van der Waals surface area contributed by atoms with Crippen molar-refractivity contribution in [2.24, 2.45) is 5.10 Å². The summed E-state index contributed by atoms with van der Waals surface area (Å²) in [5.41, 5.74) is 5.00. The van der Waals surface area contributed by atoms with Crippen molar-refractivity contribution in [3.63, 3.8) is 0 Å². The first-order chi connectivity index (χ1) is 11.6. The van der Waals surface area contributed by atoms with Gasteiger partial charge in [0.1, 0.15) is 13.2 Å². The third-order valence-electron chi connectivity index (χ3n) is 3.59. The Hall–Kier alpha value is -2.53. The molecule has 0 aliphatic carbocycles. The Morgan fingerprint density at radius 3 is 2.58 bits per heavy atom. The zero-order valence-electron chi connectivity index (χ0n) is 13.2. The van der Waals surface area contributed by atoms with Crippen LogP contribution in [0.2, 0.25) is 5.02 Å². The highest BCUT2D eigenvalue weighted by molar-refractivity contribution is 6.30. The number of amides is 1. The zero-order valence-corrected chi connectivity index (χ0v) is 14.0. The lowest BCUT2D eigenvalue weighted by molar-refractivity contribution is -0.120. The van der Waals surface area contributed by atoms with Crippen LogP contribution in [0.3, 0.4) is 0 Å². The molecule has 6 heteroatoms. The van der Waals surface area contributed by atoms with Crippen LogP contribution >= 0.6 is 11.6 Å². The number of nitrogens with one attached hydrogen (secondary N) is 1. The maximum absolute atomic E-state index is 12.0. The first-order valence-corrected chi connectivity index (χ1v) is 7.97. The summed E-state index contributed by atoms with van der Waals surface area (Å²) >= 11 is 5.83. The van der Waals surface area contributed by atoms with Gasteiger partial charge in [-0.05, 0) is 42.8 Å². The second-order valence-electron chi connectivity index (χ2n) is 5.39. The van der Waals surface area contributed by atoms with Crippen LogP contribution in [0.4, 0.5) is 0 Å². The van der Waals surface area contributed by atoms with Gasteiger partial charge in [-0.25, -0.2) is 5.43 Å². The minimum atomic E-state index is -0.186. The smallest absolute Gasteiger partial charge is 0.244 e. The van der Waals surface area contributed by atoms with Crippen molar-refractivity contribution in [2.75, 3.05) is 13.2 Å². The molecule has 0 aromatic heterocycles. The Morgan fingerprint density at radius 2 is 1.83 bits per heavy atom. The van der Waals surface area contributed by atoms with Gasteiger partial charge in [0.15, 0.2) is 11.5 Å². The highest BCUT2D eigenvalue weighted by atomic mass is 35.5. The molecule has 24 heavy (non-hydrogen) atoms. The molecule has 2 aromatic carbocycles. The minimum Gasteiger partial charge on any atom is -0.486 e. The lowest BCUT2D eigenvalue weighted by atomic mass is 10.1. The van der Waals surface area contributed by atoms with E-state index in [9.17, 15) is 4.79 Å². The van der Waals surface area contributed by atoms with Gasteiger partial charge in [0.25, 0.3) is 0 Å². The van der Waals surface area contributed by atoms with Crippen molar-refractivity contribution >= 4 is 23.2 Å². The van der Waals surface area contributed by atoms with Crippen molar-refractivity contribution in [3.05, 3.63) is 58.6 Å². The number of ether oxygens (including phenoxy) is 2. The number of hydrogen-bond acceptors (Lipinski definition) is 4. The number of hydrogen-bond donors (Lipinski definition) is 1. The van der Waals surface area contributed by atoms with E-state index in [-0.39, 0.29) is 12.3 Å². The highest BCUT2D eigenvalue weighted by Crippen LogP contribution is 2.30. The lowest BCUT2D eigenvalue weighted by Crippen LogP contribution is -2.21.